The Morgan fingerprint density at radius 2 is 1.92 bits per heavy atom. The highest BCUT2D eigenvalue weighted by Crippen LogP contribution is 2.34. The van der Waals surface area contributed by atoms with Gasteiger partial charge in [0.1, 0.15) is 17.8 Å². The van der Waals surface area contributed by atoms with E-state index in [0.29, 0.717) is 23.5 Å². The minimum atomic E-state index is 0.426. The molecule has 5 nitrogen and oxygen atoms in total. The highest BCUT2D eigenvalue weighted by Gasteiger charge is 2.23. The number of hydrogen-bond donors (Lipinski definition) is 1. The smallest absolute Gasteiger partial charge is 0.248 e. The number of ether oxygens (including phenoxy) is 1. The molecule has 1 aromatic carbocycles. The molecule has 3 rings (SSSR count). The summed E-state index contributed by atoms with van der Waals surface area (Å²) in [6.45, 7) is 7.53. The van der Waals surface area contributed by atoms with Crippen LogP contribution in [0, 0.1) is 0 Å². The number of nitrogens with zero attached hydrogens (tertiary/aromatic N) is 3. The molecule has 1 saturated heterocycles. The normalized spacial score (nSPS) is 18.0. The molecule has 128 valence electrons. The molecule has 0 aliphatic carbocycles. The zero-order valence-electron chi connectivity index (χ0n) is 14.7. The average molecular weight is 326 g/mol. The van der Waals surface area contributed by atoms with Crippen LogP contribution in [0.3, 0.4) is 0 Å². The van der Waals surface area contributed by atoms with Gasteiger partial charge in [-0.3, -0.25) is 0 Å². The Labute approximate surface area is 143 Å². The van der Waals surface area contributed by atoms with Gasteiger partial charge in [-0.05, 0) is 49.8 Å². The summed E-state index contributed by atoms with van der Waals surface area (Å²) in [7, 11) is 0. The maximum atomic E-state index is 6.31. The van der Waals surface area contributed by atoms with E-state index >= 15 is 0 Å². The number of aromatic nitrogens is 2. The first-order valence-corrected chi connectivity index (χ1v) is 8.71. The van der Waals surface area contributed by atoms with Gasteiger partial charge < -0.3 is 15.4 Å². The molecule has 0 amide bonds. The van der Waals surface area contributed by atoms with Crippen molar-refractivity contribution >= 4 is 11.5 Å². The van der Waals surface area contributed by atoms with Crippen LogP contribution < -0.4 is 15.4 Å². The summed E-state index contributed by atoms with van der Waals surface area (Å²) >= 11 is 0. The van der Waals surface area contributed by atoms with Gasteiger partial charge in [0.15, 0.2) is 5.82 Å². The van der Waals surface area contributed by atoms with Crippen molar-refractivity contribution in [1.29, 1.82) is 0 Å². The van der Waals surface area contributed by atoms with E-state index in [4.69, 9.17) is 10.5 Å². The maximum absolute atomic E-state index is 6.31. The summed E-state index contributed by atoms with van der Waals surface area (Å²) in [6.07, 6.45) is 5.12. The first-order chi connectivity index (χ1) is 11.6. The first-order valence-electron chi connectivity index (χ1n) is 8.71. The van der Waals surface area contributed by atoms with Crippen LogP contribution in [0.5, 0.6) is 11.6 Å². The fourth-order valence-electron chi connectivity index (χ4n) is 3.13. The summed E-state index contributed by atoms with van der Waals surface area (Å²) in [5.41, 5.74) is 8.10. The summed E-state index contributed by atoms with van der Waals surface area (Å²) in [5, 5.41) is 0. The Morgan fingerprint density at radius 3 is 2.58 bits per heavy atom. The van der Waals surface area contributed by atoms with Crippen molar-refractivity contribution in [3.8, 4) is 11.6 Å². The van der Waals surface area contributed by atoms with Crippen LogP contribution in [0.2, 0.25) is 0 Å². The van der Waals surface area contributed by atoms with E-state index in [-0.39, 0.29) is 0 Å². The highest BCUT2D eigenvalue weighted by molar-refractivity contribution is 5.68. The molecule has 1 aliphatic rings. The SMILES string of the molecule is CC(C)c1ccc(Oc2ncnc(N3CCCCC3C)c2N)cc1. The second-order valence-electron chi connectivity index (χ2n) is 6.78. The lowest BCUT2D eigenvalue weighted by Crippen LogP contribution is -2.38. The van der Waals surface area contributed by atoms with Crippen LogP contribution in [0.4, 0.5) is 11.5 Å². The number of hydrogen-bond acceptors (Lipinski definition) is 5. The third kappa shape index (κ3) is 3.45. The van der Waals surface area contributed by atoms with Gasteiger partial charge in [0.2, 0.25) is 5.88 Å². The predicted octanol–water partition coefficient (Wildman–Crippen LogP) is 4.35. The molecule has 0 spiro atoms. The second kappa shape index (κ2) is 7.07. The number of piperidine rings is 1. The Kier molecular flexibility index (Phi) is 4.88. The second-order valence-corrected chi connectivity index (χ2v) is 6.78. The molecule has 1 fully saturated rings. The molecule has 0 saturated carbocycles. The van der Waals surface area contributed by atoms with Crippen molar-refractivity contribution in [2.45, 2.75) is 52.0 Å². The molecule has 1 atom stereocenters. The van der Waals surface area contributed by atoms with Gasteiger partial charge in [-0.1, -0.05) is 26.0 Å². The van der Waals surface area contributed by atoms with Crippen molar-refractivity contribution in [2.75, 3.05) is 17.2 Å². The lowest BCUT2D eigenvalue weighted by Gasteiger charge is -2.35. The van der Waals surface area contributed by atoms with Crippen LogP contribution in [-0.4, -0.2) is 22.6 Å². The molecule has 0 radical (unpaired) electrons. The van der Waals surface area contributed by atoms with Crippen molar-refractivity contribution < 1.29 is 4.74 Å². The minimum absolute atomic E-state index is 0.426. The predicted molar refractivity (Wildman–Crippen MR) is 97.7 cm³/mol. The van der Waals surface area contributed by atoms with E-state index in [2.05, 4.69) is 47.8 Å². The van der Waals surface area contributed by atoms with Crippen molar-refractivity contribution in [2.24, 2.45) is 0 Å². The molecular weight excluding hydrogens is 300 g/mol. The number of rotatable bonds is 4. The number of anilines is 2. The Hall–Kier alpha value is -2.30. The lowest BCUT2D eigenvalue weighted by atomic mass is 10.0. The lowest BCUT2D eigenvalue weighted by molar-refractivity contribution is 0.458. The standard InChI is InChI=1S/C19H26N4O/c1-13(2)15-7-9-16(10-8-15)24-19-17(20)18(21-12-22-19)23-11-5-4-6-14(23)3/h7-10,12-14H,4-6,11,20H2,1-3H3. The van der Waals surface area contributed by atoms with Crippen LogP contribution >= 0.6 is 0 Å². The summed E-state index contributed by atoms with van der Waals surface area (Å²) in [4.78, 5) is 10.9. The first kappa shape index (κ1) is 16.6. The van der Waals surface area contributed by atoms with Gasteiger partial charge >= 0.3 is 0 Å². The van der Waals surface area contributed by atoms with Gasteiger partial charge in [-0.2, -0.15) is 4.98 Å². The molecule has 0 bridgehead atoms. The van der Waals surface area contributed by atoms with E-state index < -0.39 is 0 Å². The fraction of sp³-hybridized carbons (Fsp3) is 0.474. The van der Waals surface area contributed by atoms with Gasteiger partial charge in [0.25, 0.3) is 0 Å². The van der Waals surface area contributed by atoms with Gasteiger partial charge in [0, 0.05) is 12.6 Å². The molecule has 1 aliphatic heterocycles. The zero-order valence-corrected chi connectivity index (χ0v) is 14.7. The molecule has 24 heavy (non-hydrogen) atoms. The molecule has 5 heteroatoms. The van der Waals surface area contributed by atoms with Gasteiger partial charge in [-0.15, -0.1) is 0 Å². The molecule has 1 aromatic heterocycles. The topological polar surface area (TPSA) is 64.3 Å². The average Bonchev–Trinajstić information content (AvgIpc) is 2.58. The van der Waals surface area contributed by atoms with Crippen LogP contribution in [0.1, 0.15) is 51.5 Å². The van der Waals surface area contributed by atoms with E-state index in [1.54, 1.807) is 0 Å². The number of nitrogens with two attached hydrogens (primary N) is 1. The van der Waals surface area contributed by atoms with Crippen LogP contribution in [-0.2, 0) is 0 Å². The van der Waals surface area contributed by atoms with Gasteiger partial charge in [0.05, 0.1) is 0 Å². The summed E-state index contributed by atoms with van der Waals surface area (Å²) < 4.78 is 5.91. The minimum Gasteiger partial charge on any atom is -0.437 e. The number of nitrogen functional groups attached to an aromatic ring is 1. The quantitative estimate of drug-likeness (QED) is 0.904. The van der Waals surface area contributed by atoms with Crippen LogP contribution in [0.25, 0.3) is 0 Å². The third-order valence-electron chi connectivity index (χ3n) is 4.66. The van der Waals surface area contributed by atoms with Gasteiger partial charge in [-0.25, -0.2) is 4.98 Å². The monoisotopic (exact) mass is 326 g/mol. The summed E-state index contributed by atoms with van der Waals surface area (Å²) in [6, 6.07) is 8.50. The highest BCUT2D eigenvalue weighted by atomic mass is 16.5. The van der Waals surface area contributed by atoms with Crippen molar-refractivity contribution in [3.05, 3.63) is 36.2 Å². The van der Waals surface area contributed by atoms with Crippen molar-refractivity contribution in [3.63, 3.8) is 0 Å². The zero-order chi connectivity index (χ0) is 17.1. The Balaban J connectivity index is 1.82. The summed E-state index contributed by atoms with van der Waals surface area (Å²) in [5.74, 6) is 2.44. The van der Waals surface area contributed by atoms with E-state index in [1.807, 2.05) is 12.1 Å². The van der Waals surface area contributed by atoms with Crippen LogP contribution in [0.15, 0.2) is 30.6 Å². The molecule has 2 N–H and O–H groups in total. The van der Waals surface area contributed by atoms with Crippen molar-refractivity contribution in [1.82, 2.24) is 9.97 Å². The van der Waals surface area contributed by atoms with E-state index in [1.165, 1.54) is 24.7 Å². The van der Waals surface area contributed by atoms with E-state index in [9.17, 15) is 0 Å². The molecular formula is C19H26N4O. The molecule has 2 heterocycles. The largest absolute Gasteiger partial charge is 0.437 e. The fourth-order valence-corrected chi connectivity index (χ4v) is 3.13. The number of benzene rings is 1. The van der Waals surface area contributed by atoms with E-state index in [0.717, 1.165) is 24.5 Å². The molecule has 1 unspecified atom stereocenters. The third-order valence-corrected chi connectivity index (χ3v) is 4.66. The maximum Gasteiger partial charge on any atom is 0.248 e. The Morgan fingerprint density at radius 1 is 1.17 bits per heavy atom. The molecule has 2 aromatic rings. The Bertz CT molecular complexity index is 684.